The first-order chi connectivity index (χ1) is 31.1. The van der Waals surface area contributed by atoms with Gasteiger partial charge in [-0.05, 0) is 60.7 Å². The van der Waals surface area contributed by atoms with Crippen molar-refractivity contribution in [1.29, 1.82) is 0 Å². The van der Waals surface area contributed by atoms with E-state index < -0.39 is 41.6 Å². The van der Waals surface area contributed by atoms with Crippen molar-refractivity contribution in [3.8, 4) is 11.6 Å². The molecule has 0 unspecified atom stereocenters. The average Bonchev–Trinajstić information content (AvgIpc) is 3.83. The van der Waals surface area contributed by atoms with Crippen molar-refractivity contribution in [2.45, 2.75) is 76.2 Å². The molecule has 4 atom stereocenters. The van der Waals surface area contributed by atoms with E-state index in [1.54, 1.807) is 19.1 Å². The van der Waals surface area contributed by atoms with E-state index in [9.17, 15) is 9.90 Å². The highest BCUT2D eigenvalue weighted by atomic mass is 16.6. The SMILES string of the molecule is COc1ccc(CO[C@H]2[C@H](O)[C@@H](COC(c3ccccc3)(c3ccccc3)c3ccccc3)N(C(=O)OC(C)(C)C)[C@@H]2c2cn(COCc3ccccc3)c3c(OC)ncnc23)cc1. The molecule has 1 N–H and O–H groups in total. The molecule has 1 fully saturated rings. The maximum Gasteiger partial charge on any atom is 0.411 e. The van der Waals surface area contributed by atoms with Gasteiger partial charge in [0.15, 0.2) is 0 Å². The molecular formula is C52H54N4O8. The summed E-state index contributed by atoms with van der Waals surface area (Å²) in [4.78, 5) is 25.8. The van der Waals surface area contributed by atoms with Crippen LogP contribution >= 0.6 is 0 Å². The van der Waals surface area contributed by atoms with Gasteiger partial charge in [-0.25, -0.2) is 9.78 Å². The fourth-order valence-electron chi connectivity index (χ4n) is 8.52. The van der Waals surface area contributed by atoms with Gasteiger partial charge in [0.25, 0.3) is 0 Å². The van der Waals surface area contributed by atoms with Gasteiger partial charge in [0.1, 0.15) is 53.3 Å². The van der Waals surface area contributed by atoms with E-state index in [1.807, 2.05) is 177 Å². The van der Waals surface area contributed by atoms with Crippen molar-refractivity contribution in [3.63, 3.8) is 0 Å². The molecule has 8 rings (SSSR count). The van der Waals surface area contributed by atoms with Crippen molar-refractivity contribution < 1.29 is 38.3 Å². The first-order valence-electron chi connectivity index (χ1n) is 21.3. The predicted molar refractivity (Wildman–Crippen MR) is 243 cm³/mol. The minimum Gasteiger partial charge on any atom is -0.497 e. The molecule has 1 amide bonds. The van der Waals surface area contributed by atoms with Crippen molar-refractivity contribution in [2.24, 2.45) is 0 Å². The second kappa shape index (κ2) is 19.4. The number of nitrogens with zero attached hydrogens (tertiary/aromatic N) is 4. The maximum absolute atomic E-state index is 15.0. The highest BCUT2D eigenvalue weighted by molar-refractivity contribution is 5.85. The van der Waals surface area contributed by atoms with E-state index in [2.05, 4.69) is 4.98 Å². The Morgan fingerprint density at radius 2 is 1.27 bits per heavy atom. The van der Waals surface area contributed by atoms with Crippen LogP contribution < -0.4 is 9.47 Å². The Morgan fingerprint density at radius 1 is 0.703 bits per heavy atom. The third kappa shape index (κ3) is 9.22. The highest BCUT2D eigenvalue weighted by Crippen LogP contribution is 2.46. The van der Waals surface area contributed by atoms with E-state index in [0.717, 1.165) is 27.8 Å². The Bertz CT molecular complexity index is 2490. The van der Waals surface area contributed by atoms with Crippen LogP contribution in [-0.2, 0) is 44.5 Å². The van der Waals surface area contributed by atoms with E-state index in [-0.39, 0.29) is 19.9 Å². The van der Waals surface area contributed by atoms with Gasteiger partial charge in [0, 0.05) is 11.8 Å². The zero-order valence-electron chi connectivity index (χ0n) is 36.7. The van der Waals surface area contributed by atoms with Crippen molar-refractivity contribution in [2.75, 3.05) is 20.8 Å². The molecule has 7 aromatic rings. The summed E-state index contributed by atoms with van der Waals surface area (Å²) in [5.41, 5.74) is 4.02. The molecule has 1 aliphatic heterocycles. The minimum absolute atomic E-state index is 0.106. The quantitative estimate of drug-likeness (QED) is 0.0940. The molecule has 1 aliphatic rings. The van der Waals surface area contributed by atoms with E-state index in [1.165, 1.54) is 6.33 Å². The fraction of sp³-hybridized carbons (Fsp3) is 0.288. The lowest BCUT2D eigenvalue weighted by molar-refractivity contribution is -0.0611. The number of aliphatic hydroxyl groups is 1. The zero-order valence-corrected chi connectivity index (χ0v) is 36.7. The summed E-state index contributed by atoms with van der Waals surface area (Å²) >= 11 is 0. The molecule has 12 nitrogen and oxygen atoms in total. The van der Waals surface area contributed by atoms with Crippen LogP contribution in [0.25, 0.3) is 11.0 Å². The Balaban J connectivity index is 1.27. The molecule has 64 heavy (non-hydrogen) atoms. The van der Waals surface area contributed by atoms with Gasteiger partial charge in [0.2, 0.25) is 5.88 Å². The number of likely N-dealkylation sites (tertiary alicyclic amines) is 1. The number of aliphatic hydroxyl groups excluding tert-OH is 1. The number of hydrogen-bond donors (Lipinski definition) is 1. The predicted octanol–water partition coefficient (Wildman–Crippen LogP) is 9.24. The topological polar surface area (TPSA) is 127 Å². The summed E-state index contributed by atoms with van der Waals surface area (Å²) in [5, 5.41) is 12.9. The normalized spacial score (nSPS) is 17.7. The third-order valence-corrected chi connectivity index (χ3v) is 11.4. The molecule has 330 valence electrons. The number of amides is 1. The first kappa shape index (κ1) is 44.1. The second-order valence-electron chi connectivity index (χ2n) is 16.7. The number of carbonyl (C=O) groups is 1. The van der Waals surface area contributed by atoms with Crippen molar-refractivity contribution >= 4 is 17.1 Å². The fourth-order valence-corrected chi connectivity index (χ4v) is 8.52. The van der Waals surface area contributed by atoms with Gasteiger partial charge in [-0.1, -0.05) is 133 Å². The second-order valence-corrected chi connectivity index (χ2v) is 16.7. The summed E-state index contributed by atoms with van der Waals surface area (Å²) in [6.45, 7) is 5.87. The van der Waals surface area contributed by atoms with E-state index in [4.69, 9.17) is 33.4 Å². The van der Waals surface area contributed by atoms with Crippen LogP contribution in [0.1, 0.15) is 60.2 Å². The third-order valence-electron chi connectivity index (χ3n) is 11.4. The van der Waals surface area contributed by atoms with Gasteiger partial charge in [-0.3, -0.25) is 4.90 Å². The highest BCUT2D eigenvalue weighted by Gasteiger charge is 2.55. The van der Waals surface area contributed by atoms with Gasteiger partial charge >= 0.3 is 6.09 Å². The Morgan fingerprint density at radius 3 is 1.81 bits per heavy atom. The summed E-state index contributed by atoms with van der Waals surface area (Å²) < 4.78 is 39.7. The number of rotatable bonds is 16. The molecule has 0 aliphatic carbocycles. The minimum atomic E-state index is -1.28. The largest absolute Gasteiger partial charge is 0.497 e. The number of ether oxygens (including phenoxy) is 6. The van der Waals surface area contributed by atoms with Crippen LogP contribution in [0.4, 0.5) is 4.79 Å². The van der Waals surface area contributed by atoms with Gasteiger partial charge in [-0.15, -0.1) is 0 Å². The number of hydrogen-bond acceptors (Lipinski definition) is 10. The molecule has 0 bridgehead atoms. The summed E-state index contributed by atoms with van der Waals surface area (Å²) in [6.07, 6.45) is 0.342. The molecule has 5 aromatic carbocycles. The number of benzene rings is 5. The Kier molecular flexibility index (Phi) is 13.4. The molecule has 2 aromatic heterocycles. The molecule has 0 saturated carbocycles. The van der Waals surface area contributed by atoms with Gasteiger partial charge < -0.3 is 38.1 Å². The molecule has 0 spiro atoms. The zero-order chi connectivity index (χ0) is 44.7. The molecule has 1 saturated heterocycles. The lowest BCUT2D eigenvalue weighted by Gasteiger charge is -2.39. The molecule has 3 heterocycles. The first-order valence-corrected chi connectivity index (χ1v) is 21.3. The molecule has 12 heteroatoms. The molecule has 0 radical (unpaired) electrons. The monoisotopic (exact) mass is 862 g/mol. The Labute approximate surface area is 373 Å². The smallest absolute Gasteiger partial charge is 0.411 e. The van der Waals surface area contributed by atoms with Gasteiger partial charge in [-0.2, -0.15) is 4.98 Å². The van der Waals surface area contributed by atoms with Crippen LogP contribution in [0.5, 0.6) is 11.6 Å². The van der Waals surface area contributed by atoms with Crippen molar-refractivity contribution in [3.05, 3.63) is 191 Å². The Hall–Kier alpha value is -6.57. The van der Waals surface area contributed by atoms with Crippen LogP contribution in [0.2, 0.25) is 0 Å². The van der Waals surface area contributed by atoms with E-state index >= 15 is 0 Å². The average molecular weight is 863 g/mol. The summed E-state index contributed by atoms with van der Waals surface area (Å²) in [7, 11) is 3.16. The van der Waals surface area contributed by atoms with E-state index in [0.29, 0.717) is 34.8 Å². The van der Waals surface area contributed by atoms with Crippen LogP contribution in [0.3, 0.4) is 0 Å². The number of aromatic nitrogens is 3. The van der Waals surface area contributed by atoms with Crippen LogP contribution in [0, 0.1) is 0 Å². The van der Waals surface area contributed by atoms with Gasteiger partial charge in [0.05, 0.1) is 46.1 Å². The maximum atomic E-state index is 15.0. The molecular weight excluding hydrogens is 809 g/mol. The summed E-state index contributed by atoms with van der Waals surface area (Å²) in [5.74, 6) is 1.02. The number of carbonyl (C=O) groups excluding carboxylic acids is 1. The van der Waals surface area contributed by atoms with Crippen LogP contribution in [0.15, 0.2) is 158 Å². The number of fused-ring (bicyclic) bond motifs is 1. The van der Waals surface area contributed by atoms with Crippen LogP contribution in [-0.4, -0.2) is 75.3 Å². The lowest BCUT2D eigenvalue weighted by atomic mass is 9.80. The summed E-state index contributed by atoms with van der Waals surface area (Å²) in [6, 6.07) is 45.4. The lowest BCUT2D eigenvalue weighted by Crippen LogP contribution is -2.47. The van der Waals surface area contributed by atoms with Crippen molar-refractivity contribution in [1.82, 2.24) is 19.4 Å². The standard InChI is InChI=1S/C52H54N4O8/c1-51(2,3)64-50(58)56-43(33-63-52(38-20-12-7-13-21-38,39-22-14-8-15-23-39)40-24-16-9-17-25-40)47(57)48(62-32-37-26-28-41(59-4)29-27-37)45(56)42-30-55(35-61-31-36-18-10-6-11-19-36)46-44(42)53-34-54-49(46)60-5/h6-30,34,43,45,47-48,57H,31-33,35H2,1-5H3/t43-,45-,47-,48-/m1/s1. The number of methoxy groups -OCH3 is 2.